The van der Waals surface area contributed by atoms with E-state index in [2.05, 4.69) is 5.16 Å². The maximum absolute atomic E-state index is 11.8. The molecule has 0 radical (unpaired) electrons. The van der Waals surface area contributed by atoms with Crippen molar-refractivity contribution in [2.75, 3.05) is 0 Å². The van der Waals surface area contributed by atoms with E-state index in [0.29, 0.717) is 11.1 Å². The molecule has 1 aliphatic rings. The van der Waals surface area contributed by atoms with E-state index in [1.807, 2.05) is 0 Å². The zero-order valence-electron chi connectivity index (χ0n) is 8.10. The molecule has 2 rings (SSSR count). The second-order valence-electron chi connectivity index (χ2n) is 3.44. The van der Waals surface area contributed by atoms with Gasteiger partial charge in [0.1, 0.15) is 17.4 Å². The number of carbonyl (C=O) groups excluding carboxylic acids is 2. The molecule has 1 aromatic carbocycles. The summed E-state index contributed by atoms with van der Waals surface area (Å²) < 4.78 is 0. The maximum Gasteiger partial charge on any atom is 0.180 e. The number of ketones is 2. The van der Waals surface area contributed by atoms with E-state index in [0.717, 1.165) is 0 Å². The normalized spacial score (nSPS) is 21.8. The Labute approximate surface area is 86.2 Å². The molecule has 0 amide bonds. The van der Waals surface area contributed by atoms with Crippen molar-refractivity contribution in [2.45, 2.75) is 6.92 Å². The lowest BCUT2D eigenvalue weighted by Crippen LogP contribution is -2.23. The van der Waals surface area contributed by atoms with Gasteiger partial charge in [0, 0.05) is 11.1 Å². The van der Waals surface area contributed by atoms with Crippen molar-refractivity contribution in [3.8, 4) is 0 Å². The first-order valence-electron chi connectivity index (χ1n) is 4.53. The summed E-state index contributed by atoms with van der Waals surface area (Å²) in [5, 5.41) is 11.9. The molecule has 1 N–H and O–H groups in total. The van der Waals surface area contributed by atoms with Gasteiger partial charge < -0.3 is 5.21 Å². The quantitative estimate of drug-likeness (QED) is 0.424. The summed E-state index contributed by atoms with van der Waals surface area (Å²) in [7, 11) is 0. The number of rotatable bonds is 1. The van der Waals surface area contributed by atoms with Crippen molar-refractivity contribution >= 4 is 17.3 Å². The molecule has 1 atom stereocenters. The van der Waals surface area contributed by atoms with Crippen molar-refractivity contribution in [1.29, 1.82) is 0 Å². The lowest BCUT2D eigenvalue weighted by atomic mass is 9.99. The molecule has 4 nitrogen and oxygen atoms in total. The highest BCUT2D eigenvalue weighted by Gasteiger charge is 2.39. The molecule has 0 saturated heterocycles. The zero-order valence-corrected chi connectivity index (χ0v) is 8.10. The van der Waals surface area contributed by atoms with E-state index in [-0.39, 0.29) is 17.3 Å². The SMILES string of the molecule is CC(=O)C1C(=O)c2ccccc2C1=NO. The Morgan fingerprint density at radius 3 is 2.47 bits per heavy atom. The Hall–Kier alpha value is -1.97. The highest BCUT2D eigenvalue weighted by molar-refractivity contribution is 6.36. The molecule has 4 heteroatoms. The van der Waals surface area contributed by atoms with Gasteiger partial charge in [0.05, 0.1) is 0 Å². The van der Waals surface area contributed by atoms with Crippen LogP contribution < -0.4 is 0 Å². The van der Waals surface area contributed by atoms with Gasteiger partial charge in [-0.1, -0.05) is 29.4 Å². The number of oxime groups is 1. The number of carbonyl (C=O) groups is 2. The minimum absolute atomic E-state index is 0.156. The standard InChI is InChI=1S/C11H9NO3/c1-6(13)9-10(12-15)7-4-2-3-5-8(7)11(9)14/h2-5,9,15H,1H3. The number of benzene rings is 1. The van der Waals surface area contributed by atoms with Crippen molar-refractivity contribution < 1.29 is 14.8 Å². The monoisotopic (exact) mass is 203 g/mol. The molecule has 0 saturated carbocycles. The molecule has 76 valence electrons. The first-order chi connectivity index (χ1) is 7.16. The fourth-order valence-electron chi connectivity index (χ4n) is 1.85. The molecule has 0 aromatic heterocycles. The summed E-state index contributed by atoms with van der Waals surface area (Å²) in [6, 6.07) is 6.76. The summed E-state index contributed by atoms with van der Waals surface area (Å²) in [5.74, 6) is -1.53. The minimum Gasteiger partial charge on any atom is -0.411 e. The lowest BCUT2D eigenvalue weighted by Gasteiger charge is -2.02. The van der Waals surface area contributed by atoms with Crippen LogP contribution in [0.15, 0.2) is 29.4 Å². The van der Waals surface area contributed by atoms with Crippen molar-refractivity contribution in [3.05, 3.63) is 35.4 Å². The predicted molar refractivity (Wildman–Crippen MR) is 53.3 cm³/mol. The highest BCUT2D eigenvalue weighted by Crippen LogP contribution is 2.27. The van der Waals surface area contributed by atoms with Crippen LogP contribution in [0, 0.1) is 5.92 Å². The van der Waals surface area contributed by atoms with Gasteiger partial charge in [-0.15, -0.1) is 0 Å². The van der Waals surface area contributed by atoms with Crippen molar-refractivity contribution in [3.63, 3.8) is 0 Å². The molecule has 0 heterocycles. The maximum atomic E-state index is 11.8. The first-order valence-corrected chi connectivity index (χ1v) is 4.53. The van der Waals surface area contributed by atoms with Gasteiger partial charge in [0.25, 0.3) is 0 Å². The summed E-state index contributed by atoms with van der Waals surface area (Å²) in [4.78, 5) is 23.1. The predicted octanol–water partition coefficient (Wildman–Crippen LogP) is 1.27. The Morgan fingerprint density at radius 2 is 1.93 bits per heavy atom. The van der Waals surface area contributed by atoms with Gasteiger partial charge in [-0.05, 0) is 6.92 Å². The largest absolute Gasteiger partial charge is 0.411 e. The van der Waals surface area contributed by atoms with Crippen LogP contribution in [-0.2, 0) is 4.79 Å². The Bertz CT molecular complexity index is 476. The number of nitrogens with zero attached hydrogens (tertiary/aromatic N) is 1. The lowest BCUT2D eigenvalue weighted by molar-refractivity contribution is -0.117. The molecule has 0 spiro atoms. The minimum atomic E-state index is -0.938. The van der Waals surface area contributed by atoms with Crippen LogP contribution in [-0.4, -0.2) is 22.5 Å². The second kappa shape index (κ2) is 3.31. The van der Waals surface area contributed by atoms with E-state index < -0.39 is 5.92 Å². The summed E-state index contributed by atoms with van der Waals surface area (Å²) in [6.07, 6.45) is 0. The van der Waals surface area contributed by atoms with Gasteiger partial charge in [-0.3, -0.25) is 9.59 Å². The topological polar surface area (TPSA) is 66.7 Å². The molecule has 1 aromatic rings. The van der Waals surface area contributed by atoms with E-state index in [4.69, 9.17) is 5.21 Å². The highest BCUT2D eigenvalue weighted by atomic mass is 16.4. The van der Waals surface area contributed by atoms with Crippen LogP contribution >= 0.6 is 0 Å². The van der Waals surface area contributed by atoms with E-state index in [1.165, 1.54) is 6.92 Å². The van der Waals surface area contributed by atoms with Gasteiger partial charge in [-0.2, -0.15) is 0 Å². The summed E-state index contributed by atoms with van der Waals surface area (Å²) in [5.41, 5.74) is 1.15. The fraction of sp³-hybridized carbons (Fsp3) is 0.182. The summed E-state index contributed by atoms with van der Waals surface area (Å²) in [6.45, 7) is 1.32. The van der Waals surface area contributed by atoms with Crippen LogP contribution in [0.25, 0.3) is 0 Å². The van der Waals surface area contributed by atoms with Crippen LogP contribution in [0.4, 0.5) is 0 Å². The molecular formula is C11H9NO3. The second-order valence-corrected chi connectivity index (χ2v) is 3.44. The Balaban J connectivity index is 2.64. The van der Waals surface area contributed by atoms with Gasteiger partial charge in [-0.25, -0.2) is 0 Å². The average Bonchev–Trinajstić information content (AvgIpc) is 2.52. The van der Waals surface area contributed by atoms with Crippen molar-refractivity contribution in [1.82, 2.24) is 0 Å². The van der Waals surface area contributed by atoms with Crippen LogP contribution in [0.3, 0.4) is 0 Å². The Kier molecular flexibility index (Phi) is 2.11. The van der Waals surface area contributed by atoms with Crippen LogP contribution in [0.1, 0.15) is 22.8 Å². The third-order valence-electron chi connectivity index (χ3n) is 2.52. The van der Waals surface area contributed by atoms with Gasteiger partial charge in [0.2, 0.25) is 0 Å². The molecular weight excluding hydrogens is 194 g/mol. The molecule has 0 fully saturated rings. The molecule has 0 bridgehead atoms. The number of Topliss-reactive ketones (excluding diaryl/α,β-unsaturated/α-hetero) is 2. The van der Waals surface area contributed by atoms with E-state index in [1.54, 1.807) is 24.3 Å². The van der Waals surface area contributed by atoms with E-state index >= 15 is 0 Å². The first kappa shape index (κ1) is 9.58. The summed E-state index contributed by atoms with van der Waals surface area (Å²) >= 11 is 0. The Morgan fingerprint density at radius 1 is 1.33 bits per heavy atom. The van der Waals surface area contributed by atoms with Crippen LogP contribution in [0.2, 0.25) is 0 Å². The van der Waals surface area contributed by atoms with E-state index in [9.17, 15) is 9.59 Å². The number of fused-ring (bicyclic) bond motifs is 1. The average molecular weight is 203 g/mol. The van der Waals surface area contributed by atoms with Crippen molar-refractivity contribution in [2.24, 2.45) is 11.1 Å². The zero-order chi connectivity index (χ0) is 11.0. The molecule has 1 aliphatic carbocycles. The van der Waals surface area contributed by atoms with Crippen LogP contribution in [0.5, 0.6) is 0 Å². The number of hydrogen-bond acceptors (Lipinski definition) is 4. The fourth-order valence-corrected chi connectivity index (χ4v) is 1.85. The molecule has 0 aliphatic heterocycles. The smallest absolute Gasteiger partial charge is 0.180 e. The third kappa shape index (κ3) is 1.26. The van der Waals surface area contributed by atoms with Gasteiger partial charge in [0.15, 0.2) is 5.78 Å². The number of hydrogen-bond donors (Lipinski definition) is 1. The molecule has 1 unspecified atom stereocenters. The molecule has 15 heavy (non-hydrogen) atoms. The third-order valence-corrected chi connectivity index (χ3v) is 2.52. The van der Waals surface area contributed by atoms with Gasteiger partial charge >= 0.3 is 0 Å².